The normalized spacial score (nSPS) is 26.5. The van der Waals surface area contributed by atoms with Gasteiger partial charge in [0, 0.05) is 46.5 Å². The van der Waals surface area contributed by atoms with Crippen LogP contribution in [0, 0.1) is 0 Å². The van der Waals surface area contributed by atoms with Gasteiger partial charge in [-0.2, -0.15) is 0 Å². The highest BCUT2D eigenvalue weighted by atomic mass is 32.2. The van der Waals surface area contributed by atoms with Crippen LogP contribution in [0.15, 0.2) is 18.2 Å². The second-order valence-corrected chi connectivity index (χ2v) is 6.67. The van der Waals surface area contributed by atoms with Gasteiger partial charge >= 0.3 is 0 Å². The summed E-state index contributed by atoms with van der Waals surface area (Å²) in [4.78, 5) is 0. The molecule has 104 valence electrons. The van der Waals surface area contributed by atoms with Gasteiger partial charge in [-0.25, -0.2) is 0 Å². The number of nitrogens with one attached hydrogen (secondary N) is 1. The number of benzene rings is 1. The fraction of sp³-hybridized carbons (Fsp3) is 0.571. The Labute approximate surface area is 115 Å². The van der Waals surface area contributed by atoms with E-state index in [1.54, 1.807) is 0 Å². The van der Waals surface area contributed by atoms with Crippen LogP contribution in [0.2, 0.25) is 0 Å². The maximum Gasteiger partial charge on any atom is 0.163 e. The predicted molar refractivity (Wildman–Crippen MR) is 76.6 cm³/mol. The molecule has 2 aliphatic rings. The highest BCUT2D eigenvalue weighted by Gasteiger charge is 2.18. The summed E-state index contributed by atoms with van der Waals surface area (Å²) in [6.45, 7) is 1.42. The maximum absolute atomic E-state index is 11.3. The van der Waals surface area contributed by atoms with Crippen molar-refractivity contribution >= 4 is 16.5 Å². The van der Waals surface area contributed by atoms with Gasteiger partial charge < -0.3 is 14.8 Å². The van der Waals surface area contributed by atoms with Gasteiger partial charge in [-0.15, -0.1) is 0 Å². The van der Waals surface area contributed by atoms with Crippen LogP contribution in [0.3, 0.4) is 0 Å². The minimum Gasteiger partial charge on any atom is -0.490 e. The minimum atomic E-state index is -0.608. The number of ether oxygens (including phenoxy) is 2. The van der Waals surface area contributed by atoms with E-state index in [1.807, 2.05) is 18.2 Å². The molecule has 0 bridgehead atoms. The summed E-state index contributed by atoms with van der Waals surface area (Å²) < 4.78 is 22.6. The Morgan fingerprint density at radius 2 is 1.84 bits per heavy atom. The van der Waals surface area contributed by atoms with Crippen molar-refractivity contribution in [2.24, 2.45) is 0 Å². The monoisotopic (exact) mass is 281 g/mol. The molecule has 4 nitrogen and oxygen atoms in total. The Morgan fingerprint density at radius 3 is 2.63 bits per heavy atom. The van der Waals surface area contributed by atoms with Crippen LogP contribution in [0.5, 0.6) is 11.5 Å². The first-order valence-electron chi connectivity index (χ1n) is 6.82. The van der Waals surface area contributed by atoms with Crippen LogP contribution in [0.4, 0.5) is 5.69 Å². The highest BCUT2D eigenvalue weighted by molar-refractivity contribution is 7.85. The van der Waals surface area contributed by atoms with E-state index in [1.165, 1.54) is 0 Å². The number of hydrogen-bond donors (Lipinski definition) is 1. The molecule has 1 saturated heterocycles. The van der Waals surface area contributed by atoms with Crippen LogP contribution >= 0.6 is 0 Å². The second kappa shape index (κ2) is 5.82. The van der Waals surface area contributed by atoms with E-state index in [4.69, 9.17) is 9.47 Å². The zero-order valence-electron chi connectivity index (χ0n) is 10.9. The third-order valence-corrected chi connectivity index (χ3v) is 4.89. The average molecular weight is 281 g/mol. The fourth-order valence-corrected chi connectivity index (χ4v) is 3.73. The summed E-state index contributed by atoms with van der Waals surface area (Å²) in [5.41, 5.74) is 1.06. The Morgan fingerprint density at radius 1 is 1.11 bits per heavy atom. The van der Waals surface area contributed by atoms with E-state index in [-0.39, 0.29) is 0 Å². The second-order valence-electron chi connectivity index (χ2n) is 4.98. The molecule has 3 rings (SSSR count). The summed E-state index contributed by atoms with van der Waals surface area (Å²) >= 11 is 0. The quantitative estimate of drug-likeness (QED) is 0.902. The SMILES string of the molecule is O=S1CCC(Nc2ccc3c(c2)OCCCO3)CC1. The van der Waals surface area contributed by atoms with Crippen molar-refractivity contribution < 1.29 is 13.7 Å². The highest BCUT2D eigenvalue weighted by Crippen LogP contribution is 2.32. The lowest BCUT2D eigenvalue weighted by molar-refractivity contribution is 0.297. The van der Waals surface area contributed by atoms with Gasteiger partial charge in [0.1, 0.15) is 0 Å². The first-order valence-corrected chi connectivity index (χ1v) is 8.31. The van der Waals surface area contributed by atoms with Crippen LogP contribution in [0.25, 0.3) is 0 Å². The van der Waals surface area contributed by atoms with E-state index in [9.17, 15) is 4.21 Å². The molecule has 0 aliphatic carbocycles. The standard InChI is InChI=1S/C14H19NO3S/c16-19-8-4-11(5-9-19)15-12-2-3-13-14(10-12)18-7-1-6-17-13/h2-3,10-11,15H,1,4-9H2. The van der Waals surface area contributed by atoms with Crippen LogP contribution < -0.4 is 14.8 Å². The predicted octanol–water partition coefficient (Wildman–Crippen LogP) is 2.17. The molecule has 1 aromatic carbocycles. The zero-order valence-corrected chi connectivity index (χ0v) is 11.7. The van der Waals surface area contributed by atoms with Gasteiger partial charge in [0.15, 0.2) is 11.5 Å². The van der Waals surface area contributed by atoms with Crippen molar-refractivity contribution in [3.8, 4) is 11.5 Å². The van der Waals surface area contributed by atoms with Crippen molar-refractivity contribution in [2.75, 3.05) is 30.0 Å². The Bertz CT molecular complexity index is 468. The van der Waals surface area contributed by atoms with E-state index in [2.05, 4.69) is 5.32 Å². The molecule has 0 spiro atoms. The third kappa shape index (κ3) is 3.21. The van der Waals surface area contributed by atoms with Crippen LogP contribution in [-0.4, -0.2) is 35.0 Å². The first-order chi connectivity index (χ1) is 9.31. The molecule has 0 aromatic heterocycles. The van der Waals surface area contributed by atoms with Gasteiger partial charge in [-0.05, 0) is 25.0 Å². The van der Waals surface area contributed by atoms with E-state index in [0.717, 1.165) is 48.0 Å². The molecule has 2 heterocycles. The molecule has 5 heteroatoms. The molecule has 0 saturated carbocycles. The number of fused-ring (bicyclic) bond motifs is 1. The Balaban J connectivity index is 1.68. The molecule has 0 radical (unpaired) electrons. The molecular weight excluding hydrogens is 262 g/mol. The van der Waals surface area contributed by atoms with Crippen molar-refractivity contribution in [3.63, 3.8) is 0 Å². The summed E-state index contributed by atoms with van der Waals surface area (Å²) in [6.07, 6.45) is 2.87. The van der Waals surface area contributed by atoms with Gasteiger partial charge in [0.25, 0.3) is 0 Å². The Hall–Kier alpha value is -1.23. The number of hydrogen-bond acceptors (Lipinski definition) is 4. The van der Waals surface area contributed by atoms with Gasteiger partial charge in [0.05, 0.1) is 13.2 Å². The van der Waals surface area contributed by atoms with Gasteiger partial charge in [-0.1, -0.05) is 0 Å². The lowest BCUT2D eigenvalue weighted by Crippen LogP contribution is -2.29. The number of rotatable bonds is 2. The van der Waals surface area contributed by atoms with Crippen molar-refractivity contribution in [2.45, 2.75) is 25.3 Å². The largest absolute Gasteiger partial charge is 0.490 e. The fourth-order valence-electron chi connectivity index (χ4n) is 2.43. The summed E-state index contributed by atoms with van der Waals surface area (Å²) in [7, 11) is -0.608. The third-order valence-electron chi connectivity index (χ3n) is 3.51. The smallest absolute Gasteiger partial charge is 0.163 e. The molecule has 0 unspecified atom stereocenters. The molecule has 0 atom stereocenters. The van der Waals surface area contributed by atoms with Crippen LogP contribution in [-0.2, 0) is 10.8 Å². The molecule has 1 fully saturated rings. The van der Waals surface area contributed by atoms with Gasteiger partial charge in [-0.3, -0.25) is 4.21 Å². The van der Waals surface area contributed by atoms with Crippen molar-refractivity contribution in [1.82, 2.24) is 0 Å². The molecular formula is C14H19NO3S. The molecule has 0 amide bonds. The summed E-state index contributed by atoms with van der Waals surface area (Å²) in [6, 6.07) is 6.41. The molecule has 2 aliphatic heterocycles. The van der Waals surface area contributed by atoms with E-state index in [0.29, 0.717) is 19.3 Å². The van der Waals surface area contributed by atoms with Crippen LogP contribution in [0.1, 0.15) is 19.3 Å². The average Bonchev–Trinajstić information content (AvgIpc) is 2.66. The first kappa shape index (κ1) is 12.8. The Kier molecular flexibility index (Phi) is 3.92. The van der Waals surface area contributed by atoms with Gasteiger partial charge in [0.2, 0.25) is 0 Å². The zero-order chi connectivity index (χ0) is 13.1. The van der Waals surface area contributed by atoms with Crippen molar-refractivity contribution in [3.05, 3.63) is 18.2 Å². The maximum atomic E-state index is 11.3. The summed E-state index contributed by atoms with van der Waals surface area (Å²) in [5, 5.41) is 3.50. The number of anilines is 1. The topological polar surface area (TPSA) is 47.6 Å². The van der Waals surface area contributed by atoms with Crippen molar-refractivity contribution in [1.29, 1.82) is 0 Å². The lowest BCUT2D eigenvalue weighted by atomic mass is 10.1. The molecule has 1 N–H and O–H groups in total. The molecule has 1 aromatic rings. The molecule has 19 heavy (non-hydrogen) atoms. The minimum absolute atomic E-state index is 0.419. The van der Waals surface area contributed by atoms with E-state index >= 15 is 0 Å². The van der Waals surface area contributed by atoms with E-state index < -0.39 is 10.8 Å². The lowest BCUT2D eigenvalue weighted by Gasteiger charge is -2.24. The summed E-state index contributed by atoms with van der Waals surface area (Å²) in [5.74, 6) is 3.26.